The standard InChI is InChI=1S/C6H10O2.C4H8O3/c7-6-4-2-1-3-5-8-6;5-3-1-2-4(6)7/h1-5H2;5H,1-3H2,(H,6,7). The van der Waals surface area contributed by atoms with Gasteiger partial charge in [0.05, 0.1) is 6.61 Å². The van der Waals surface area contributed by atoms with Gasteiger partial charge in [-0.25, -0.2) is 0 Å². The predicted molar refractivity (Wildman–Crippen MR) is 53.4 cm³/mol. The van der Waals surface area contributed by atoms with Crippen molar-refractivity contribution < 1.29 is 24.5 Å². The molecule has 1 fully saturated rings. The number of carbonyl (C=O) groups excluding carboxylic acids is 1. The summed E-state index contributed by atoms with van der Waals surface area (Å²) in [6, 6.07) is 0. The third-order valence-corrected chi connectivity index (χ3v) is 1.84. The number of carboxylic acid groups (broad SMARTS) is 1. The average molecular weight is 218 g/mol. The van der Waals surface area contributed by atoms with Crippen LogP contribution in [0, 0.1) is 0 Å². The maximum atomic E-state index is 10.5. The lowest BCUT2D eigenvalue weighted by atomic mass is 10.2. The van der Waals surface area contributed by atoms with Crippen LogP contribution in [0.3, 0.4) is 0 Å². The van der Waals surface area contributed by atoms with Crippen LogP contribution in [0.2, 0.25) is 0 Å². The molecule has 0 aromatic rings. The third kappa shape index (κ3) is 10.8. The quantitative estimate of drug-likeness (QED) is 0.689. The summed E-state index contributed by atoms with van der Waals surface area (Å²) in [5.41, 5.74) is 0. The highest BCUT2D eigenvalue weighted by atomic mass is 16.5. The Balaban J connectivity index is 0.000000265. The van der Waals surface area contributed by atoms with E-state index in [4.69, 9.17) is 14.9 Å². The molecule has 5 heteroatoms. The third-order valence-electron chi connectivity index (χ3n) is 1.84. The fourth-order valence-corrected chi connectivity index (χ4v) is 1.04. The zero-order valence-corrected chi connectivity index (χ0v) is 8.78. The van der Waals surface area contributed by atoms with E-state index in [2.05, 4.69) is 0 Å². The van der Waals surface area contributed by atoms with Crippen molar-refractivity contribution >= 4 is 11.9 Å². The first-order chi connectivity index (χ1) is 7.16. The molecule has 1 rings (SSSR count). The number of hydrogen-bond acceptors (Lipinski definition) is 4. The lowest BCUT2D eigenvalue weighted by molar-refractivity contribution is -0.142. The minimum atomic E-state index is -0.853. The van der Waals surface area contributed by atoms with Gasteiger partial charge in [-0.05, 0) is 25.7 Å². The Morgan fingerprint density at radius 3 is 2.60 bits per heavy atom. The lowest BCUT2D eigenvalue weighted by Crippen LogP contribution is -2.00. The first-order valence-corrected chi connectivity index (χ1v) is 5.15. The normalized spacial score (nSPS) is 15.7. The maximum absolute atomic E-state index is 10.5. The van der Waals surface area contributed by atoms with Gasteiger partial charge in [0.15, 0.2) is 0 Å². The number of carboxylic acids is 1. The number of ether oxygens (including phenoxy) is 1. The van der Waals surface area contributed by atoms with Crippen molar-refractivity contribution in [3.63, 3.8) is 0 Å². The summed E-state index contributed by atoms with van der Waals surface area (Å²) in [6.45, 7) is 0.602. The average Bonchev–Trinajstić information content (AvgIpc) is 2.43. The van der Waals surface area contributed by atoms with E-state index in [1.165, 1.54) is 0 Å². The molecule has 0 atom stereocenters. The number of cyclic esters (lactones) is 1. The predicted octanol–water partition coefficient (Wildman–Crippen LogP) is 0.947. The highest BCUT2D eigenvalue weighted by Gasteiger charge is 2.05. The van der Waals surface area contributed by atoms with Crippen molar-refractivity contribution in [1.29, 1.82) is 0 Å². The fourth-order valence-electron chi connectivity index (χ4n) is 1.04. The van der Waals surface area contributed by atoms with Crippen molar-refractivity contribution in [1.82, 2.24) is 0 Å². The number of rotatable bonds is 3. The second kappa shape index (κ2) is 9.45. The molecule has 2 N–H and O–H groups in total. The van der Waals surface area contributed by atoms with Crippen LogP contribution in [0.1, 0.15) is 38.5 Å². The first-order valence-electron chi connectivity index (χ1n) is 5.15. The number of aliphatic carboxylic acids is 1. The van der Waals surface area contributed by atoms with Crippen LogP contribution >= 0.6 is 0 Å². The Kier molecular flexibility index (Phi) is 8.76. The van der Waals surface area contributed by atoms with Crippen LogP contribution in [-0.2, 0) is 14.3 Å². The Morgan fingerprint density at radius 2 is 2.07 bits per heavy atom. The van der Waals surface area contributed by atoms with E-state index >= 15 is 0 Å². The monoisotopic (exact) mass is 218 g/mol. The molecule has 1 aliphatic rings. The fraction of sp³-hybridized carbons (Fsp3) is 0.800. The van der Waals surface area contributed by atoms with Gasteiger partial charge in [-0.3, -0.25) is 9.59 Å². The van der Waals surface area contributed by atoms with Gasteiger partial charge in [0.1, 0.15) is 0 Å². The molecule has 0 aliphatic carbocycles. The topological polar surface area (TPSA) is 83.8 Å². The molecule has 0 bridgehead atoms. The molecule has 15 heavy (non-hydrogen) atoms. The van der Waals surface area contributed by atoms with Crippen LogP contribution in [0.15, 0.2) is 0 Å². The maximum Gasteiger partial charge on any atom is 0.305 e. The summed E-state index contributed by atoms with van der Waals surface area (Å²) in [6.07, 6.45) is 4.25. The number of aliphatic hydroxyl groups is 1. The molecule has 1 aliphatic heterocycles. The molecule has 0 spiro atoms. The highest BCUT2D eigenvalue weighted by Crippen LogP contribution is 2.06. The Hall–Kier alpha value is -1.10. The van der Waals surface area contributed by atoms with Gasteiger partial charge in [-0.2, -0.15) is 0 Å². The summed E-state index contributed by atoms with van der Waals surface area (Å²) in [4.78, 5) is 20.1. The zero-order chi connectivity index (χ0) is 11.5. The Labute approximate surface area is 89.0 Å². The number of aliphatic hydroxyl groups excluding tert-OH is 1. The van der Waals surface area contributed by atoms with E-state index < -0.39 is 5.97 Å². The second-order valence-electron chi connectivity index (χ2n) is 3.25. The molecule has 0 saturated carbocycles. The van der Waals surface area contributed by atoms with Crippen molar-refractivity contribution in [3.05, 3.63) is 0 Å². The van der Waals surface area contributed by atoms with E-state index in [0.29, 0.717) is 19.4 Å². The Bertz CT molecular complexity index is 180. The van der Waals surface area contributed by atoms with Crippen LogP contribution < -0.4 is 0 Å². The molecule has 0 radical (unpaired) electrons. The highest BCUT2D eigenvalue weighted by molar-refractivity contribution is 5.69. The smallest absolute Gasteiger partial charge is 0.305 e. The SMILES string of the molecule is O=C(O)CCCO.O=C1CCCCCO1. The van der Waals surface area contributed by atoms with Crippen LogP contribution in [0.25, 0.3) is 0 Å². The molecule has 1 saturated heterocycles. The minimum absolute atomic E-state index is 0.0255. The van der Waals surface area contributed by atoms with E-state index in [1.54, 1.807) is 0 Å². The summed E-state index contributed by atoms with van der Waals surface area (Å²) >= 11 is 0. The molecular formula is C10H18O5. The lowest BCUT2D eigenvalue weighted by Gasteiger charge is -1.93. The van der Waals surface area contributed by atoms with Crippen LogP contribution in [0.4, 0.5) is 0 Å². The van der Waals surface area contributed by atoms with E-state index in [1.807, 2.05) is 0 Å². The van der Waals surface area contributed by atoms with E-state index in [9.17, 15) is 9.59 Å². The summed E-state index contributed by atoms with van der Waals surface area (Å²) in [5.74, 6) is -0.878. The summed E-state index contributed by atoms with van der Waals surface area (Å²) in [5, 5.41) is 16.0. The van der Waals surface area contributed by atoms with Crippen molar-refractivity contribution in [2.75, 3.05) is 13.2 Å². The van der Waals surface area contributed by atoms with Crippen molar-refractivity contribution in [2.24, 2.45) is 0 Å². The minimum Gasteiger partial charge on any atom is -0.481 e. The molecule has 0 aromatic carbocycles. The van der Waals surface area contributed by atoms with Gasteiger partial charge in [0.25, 0.3) is 0 Å². The molecule has 88 valence electrons. The van der Waals surface area contributed by atoms with Crippen LogP contribution in [0.5, 0.6) is 0 Å². The van der Waals surface area contributed by atoms with Gasteiger partial charge in [0.2, 0.25) is 0 Å². The molecule has 5 nitrogen and oxygen atoms in total. The summed E-state index contributed by atoms with van der Waals surface area (Å²) < 4.78 is 4.76. The number of carbonyl (C=O) groups is 2. The zero-order valence-electron chi connectivity index (χ0n) is 8.78. The Morgan fingerprint density at radius 1 is 1.33 bits per heavy atom. The van der Waals surface area contributed by atoms with Gasteiger partial charge in [-0.1, -0.05) is 0 Å². The largest absolute Gasteiger partial charge is 0.481 e. The van der Waals surface area contributed by atoms with Crippen molar-refractivity contribution in [2.45, 2.75) is 38.5 Å². The molecule has 0 amide bonds. The van der Waals surface area contributed by atoms with Gasteiger partial charge < -0.3 is 14.9 Å². The molecule has 0 unspecified atom stereocenters. The first kappa shape index (κ1) is 13.9. The summed E-state index contributed by atoms with van der Waals surface area (Å²) in [7, 11) is 0. The van der Waals surface area contributed by atoms with E-state index in [-0.39, 0.29) is 19.0 Å². The molecule has 0 aromatic heterocycles. The van der Waals surface area contributed by atoms with Gasteiger partial charge in [-0.15, -0.1) is 0 Å². The van der Waals surface area contributed by atoms with Gasteiger partial charge >= 0.3 is 11.9 Å². The van der Waals surface area contributed by atoms with Gasteiger partial charge in [0, 0.05) is 19.4 Å². The van der Waals surface area contributed by atoms with Crippen LogP contribution in [-0.4, -0.2) is 35.4 Å². The number of esters is 1. The number of hydrogen-bond donors (Lipinski definition) is 2. The second-order valence-corrected chi connectivity index (χ2v) is 3.25. The molecule has 1 heterocycles. The molecular weight excluding hydrogens is 200 g/mol. The van der Waals surface area contributed by atoms with E-state index in [0.717, 1.165) is 19.3 Å². The van der Waals surface area contributed by atoms with Crippen molar-refractivity contribution in [3.8, 4) is 0 Å².